The summed E-state index contributed by atoms with van der Waals surface area (Å²) in [6.45, 7) is 1.23. The third kappa shape index (κ3) is 2.54. The van der Waals surface area contributed by atoms with E-state index in [0.717, 1.165) is 6.07 Å². The quantitative estimate of drug-likeness (QED) is 0.816. The summed E-state index contributed by atoms with van der Waals surface area (Å²) in [5, 5.41) is 0. The summed E-state index contributed by atoms with van der Waals surface area (Å²) in [7, 11) is 0. The van der Waals surface area contributed by atoms with Crippen molar-refractivity contribution >= 4 is 5.97 Å². The van der Waals surface area contributed by atoms with Gasteiger partial charge in [0.05, 0.1) is 6.61 Å². The van der Waals surface area contributed by atoms with Gasteiger partial charge in [0.2, 0.25) is 11.5 Å². The van der Waals surface area contributed by atoms with E-state index < -0.39 is 23.7 Å². The molecule has 1 heterocycles. The summed E-state index contributed by atoms with van der Waals surface area (Å²) < 4.78 is 46.1. The van der Waals surface area contributed by atoms with E-state index in [4.69, 9.17) is 5.73 Å². The van der Waals surface area contributed by atoms with E-state index >= 15 is 0 Å². The van der Waals surface area contributed by atoms with E-state index in [0.29, 0.717) is 0 Å². The van der Waals surface area contributed by atoms with Crippen LogP contribution in [0.4, 0.5) is 13.2 Å². The molecule has 2 N–H and O–H groups in total. The lowest BCUT2D eigenvalue weighted by Gasteiger charge is -2.03. The van der Waals surface area contributed by atoms with Gasteiger partial charge in [0.25, 0.3) is 0 Å². The van der Waals surface area contributed by atoms with Gasteiger partial charge in [-0.3, -0.25) is 0 Å². The molecule has 0 saturated carbocycles. The average Bonchev–Trinajstić information content (AvgIpc) is 2.61. The number of halogens is 3. The summed E-state index contributed by atoms with van der Waals surface area (Å²) in [6, 6.07) is 0.945. The van der Waals surface area contributed by atoms with Crippen LogP contribution in [-0.2, 0) is 17.5 Å². The molecule has 0 saturated heterocycles. The second kappa shape index (κ2) is 4.56. The number of hydrogen-bond donors (Lipinski definition) is 1. The molecule has 0 aliphatic rings. The van der Waals surface area contributed by atoms with Gasteiger partial charge in [-0.25, -0.2) is 4.79 Å². The van der Waals surface area contributed by atoms with Gasteiger partial charge < -0.3 is 14.9 Å². The first kappa shape index (κ1) is 12.6. The summed E-state index contributed by atoms with van der Waals surface area (Å²) in [6.07, 6.45) is -4.67. The number of alkyl halides is 3. The summed E-state index contributed by atoms with van der Waals surface area (Å²) in [5.41, 5.74) is 4.85. The maximum absolute atomic E-state index is 12.4. The van der Waals surface area contributed by atoms with Crippen LogP contribution in [0.2, 0.25) is 0 Å². The molecule has 1 aromatic rings. The van der Waals surface area contributed by atoms with Gasteiger partial charge in [-0.1, -0.05) is 0 Å². The molecule has 0 atom stereocenters. The molecule has 1 aromatic heterocycles. The molecule has 16 heavy (non-hydrogen) atoms. The van der Waals surface area contributed by atoms with E-state index in [9.17, 15) is 18.0 Å². The first-order valence-electron chi connectivity index (χ1n) is 4.47. The molecular formula is C9H10F3NO3. The van der Waals surface area contributed by atoms with Crippen molar-refractivity contribution in [3.63, 3.8) is 0 Å². The van der Waals surface area contributed by atoms with Crippen LogP contribution < -0.4 is 5.73 Å². The number of ether oxygens (including phenoxy) is 1. The second-order valence-corrected chi connectivity index (χ2v) is 2.89. The Balaban J connectivity index is 3.08. The van der Waals surface area contributed by atoms with Gasteiger partial charge in [0.1, 0.15) is 0 Å². The number of furan rings is 1. The third-order valence-corrected chi connectivity index (χ3v) is 1.76. The molecule has 0 aromatic carbocycles. The van der Waals surface area contributed by atoms with Gasteiger partial charge in [0, 0.05) is 12.1 Å². The largest absolute Gasteiger partial charge is 0.460 e. The molecule has 0 aliphatic heterocycles. The van der Waals surface area contributed by atoms with Gasteiger partial charge >= 0.3 is 12.1 Å². The topological polar surface area (TPSA) is 65.5 Å². The average molecular weight is 237 g/mol. The summed E-state index contributed by atoms with van der Waals surface area (Å²) in [4.78, 5) is 11.1. The van der Waals surface area contributed by atoms with Crippen LogP contribution in [0.5, 0.6) is 0 Å². The number of hydrogen-bond acceptors (Lipinski definition) is 4. The van der Waals surface area contributed by atoms with Crippen molar-refractivity contribution in [1.29, 1.82) is 0 Å². The molecule has 0 radical (unpaired) electrons. The van der Waals surface area contributed by atoms with Crippen LogP contribution in [0.15, 0.2) is 10.5 Å². The second-order valence-electron chi connectivity index (χ2n) is 2.89. The molecule has 0 aliphatic carbocycles. The Kier molecular flexibility index (Phi) is 3.58. The minimum absolute atomic E-state index is 0.0544. The van der Waals surface area contributed by atoms with Gasteiger partial charge in [-0.05, 0) is 13.0 Å². The van der Waals surface area contributed by atoms with E-state index in [2.05, 4.69) is 9.15 Å². The van der Waals surface area contributed by atoms with Gasteiger partial charge in [-0.15, -0.1) is 0 Å². The highest BCUT2D eigenvalue weighted by molar-refractivity contribution is 5.86. The molecule has 0 spiro atoms. The van der Waals surface area contributed by atoms with E-state index in [1.54, 1.807) is 0 Å². The smallest absolute Gasteiger partial charge is 0.449 e. The Morgan fingerprint density at radius 3 is 2.56 bits per heavy atom. The summed E-state index contributed by atoms with van der Waals surface area (Å²) in [5.74, 6) is -2.68. The van der Waals surface area contributed by atoms with Crippen LogP contribution >= 0.6 is 0 Å². The Labute approximate surface area is 89.2 Å². The van der Waals surface area contributed by atoms with Crippen LogP contribution in [-0.4, -0.2) is 12.6 Å². The standard InChI is InChI=1S/C9H10F3NO3/c1-2-15-8(14)6-3-5(4-13)7(16-6)9(10,11)12/h3H,2,4,13H2,1H3. The highest BCUT2D eigenvalue weighted by Crippen LogP contribution is 2.34. The van der Waals surface area contributed by atoms with E-state index in [1.165, 1.54) is 6.92 Å². The lowest BCUT2D eigenvalue weighted by molar-refractivity contribution is -0.153. The maximum atomic E-state index is 12.4. The van der Waals surface area contributed by atoms with Crippen LogP contribution in [0, 0.1) is 0 Å². The van der Waals surface area contributed by atoms with Gasteiger partial charge in [-0.2, -0.15) is 13.2 Å². The fraction of sp³-hybridized carbons (Fsp3) is 0.444. The van der Waals surface area contributed by atoms with Gasteiger partial charge in [0.15, 0.2) is 0 Å². The van der Waals surface area contributed by atoms with Crippen molar-refractivity contribution in [1.82, 2.24) is 0 Å². The number of carbonyl (C=O) groups excluding carboxylic acids is 1. The molecular weight excluding hydrogens is 227 g/mol. The van der Waals surface area contributed by atoms with Crippen molar-refractivity contribution in [2.24, 2.45) is 5.73 Å². The van der Waals surface area contributed by atoms with Crippen LogP contribution in [0.1, 0.15) is 28.8 Å². The van der Waals surface area contributed by atoms with E-state index in [1.807, 2.05) is 0 Å². The molecule has 0 bridgehead atoms. The predicted octanol–water partition coefficient (Wildman–Crippen LogP) is 1.93. The minimum Gasteiger partial charge on any atom is -0.460 e. The minimum atomic E-state index is -4.67. The number of nitrogens with two attached hydrogens (primary N) is 1. The SMILES string of the molecule is CCOC(=O)c1cc(CN)c(C(F)(F)F)o1. The first-order valence-corrected chi connectivity index (χ1v) is 4.47. The molecule has 1 rings (SSSR count). The highest BCUT2D eigenvalue weighted by Gasteiger charge is 2.38. The Morgan fingerprint density at radius 1 is 1.56 bits per heavy atom. The Morgan fingerprint density at radius 2 is 2.19 bits per heavy atom. The lowest BCUT2D eigenvalue weighted by Crippen LogP contribution is -2.09. The van der Waals surface area contributed by atoms with Crippen molar-refractivity contribution < 1.29 is 27.1 Å². The van der Waals surface area contributed by atoms with Crippen molar-refractivity contribution in [3.05, 3.63) is 23.2 Å². The zero-order valence-corrected chi connectivity index (χ0v) is 8.43. The molecule has 0 fully saturated rings. The van der Waals surface area contributed by atoms with Crippen LogP contribution in [0.3, 0.4) is 0 Å². The monoisotopic (exact) mass is 237 g/mol. The maximum Gasteiger partial charge on any atom is 0.449 e. The molecule has 4 nitrogen and oxygen atoms in total. The number of carbonyl (C=O) groups is 1. The number of esters is 1. The third-order valence-electron chi connectivity index (χ3n) is 1.76. The first-order chi connectivity index (χ1) is 7.40. The molecule has 0 unspecified atom stereocenters. The fourth-order valence-electron chi connectivity index (χ4n) is 1.12. The van der Waals surface area contributed by atoms with Crippen LogP contribution in [0.25, 0.3) is 0 Å². The zero-order chi connectivity index (χ0) is 12.3. The Hall–Kier alpha value is -1.50. The van der Waals surface area contributed by atoms with Crippen molar-refractivity contribution in [3.8, 4) is 0 Å². The molecule has 90 valence electrons. The summed E-state index contributed by atoms with van der Waals surface area (Å²) >= 11 is 0. The fourth-order valence-corrected chi connectivity index (χ4v) is 1.12. The normalized spacial score (nSPS) is 11.6. The highest BCUT2D eigenvalue weighted by atomic mass is 19.4. The van der Waals surface area contributed by atoms with Crippen molar-refractivity contribution in [2.75, 3.05) is 6.61 Å². The predicted molar refractivity (Wildman–Crippen MR) is 47.6 cm³/mol. The lowest BCUT2D eigenvalue weighted by atomic mass is 10.2. The Bertz CT molecular complexity index is 384. The zero-order valence-electron chi connectivity index (χ0n) is 8.43. The van der Waals surface area contributed by atoms with Crippen molar-refractivity contribution in [2.45, 2.75) is 19.6 Å². The number of rotatable bonds is 3. The molecule has 0 amide bonds. The van der Waals surface area contributed by atoms with E-state index in [-0.39, 0.29) is 18.7 Å². The molecule has 7 heteroatoms.